The molecular weight excluding hydrogens is 386 g/mol. The van der Waals surface area contributed by atoms with Crippen LogP contribution in [0.1, 0.15) is 60.6 Å². The molecule has 1 saturated carbocycles. The highest BCUT2D eigenvalue weighted by Crippen LogP contribution is 2.41. The molecule has 2 N–H and O–H groups in total. The summed E-state index contributed by atoms with van der Waals surface area (Å²) >= 11 is 0. The monoisotopic (exact) mass is 415 g/mol. The fourth-order valence-electron chi connectivity index (χ4n) is 5.38. The van der Waals surface area contributed by atoms with Crippen LogP contribution < -0.4 is 5.32 Å². The van der Waals surface area contributed by atoms with Gasteiger partial charge in [0.15, 0.2) is 0 Å². The molecule has 2 aliphatic rings. The summed E-state index contributed by atoms with van der Waals surface area (Å²) in [6.45, 7) is 4.55. The van der Waals surface area contributed by atoms with E-state index in [1.807, 2.05) is 48.7 Å². The third-order valence-corrected chi connectivity index (χ3v) is 7.34. The Balaban J connectivity index is 1.45. The fraction of sp³-hybridized carbons (Fsp3) is 0.385. The number of fused-ring (bicyclic) bond motifs is 2. The van der Waals surface area contributed by atoms with Crippen LogP contribution in [0.5, 0.6) is 0 Å². The lowest BCUT2D eigenvalue weighted by atomic mass is 9.78. The van der Waals surface area contributed by atoms with Crippen molar-refractivity contribution >= 4 is 22.7 Å². The number of carbonyl (C=O) groups excluding carboxylic acids is 2. The Kier molecular flexibility index (Phi) is 5.05. The summed E-state index contributed by atoms with van der Waals surface area (Å²) in [6, 6.07) is 15.7. The molecule has 1 aliphatic heterocycles. The maximum atomic E-state index is 13.3. The molecule has 1 aliphatic carbocycles. The van der Waals surface area contributed by atoms with E-state index in [0.717, 1.165) is 34.9 Å². The number of aromatic amines is 1. The van der Waals surface area contributed by atoms with Gasteiger partial charge in [-0.1, -0.05) is 63.1 Å². The van der Waals surface area contributed by atoms with Gasteiger partial charge in [0.2, 0.25) is 5.91 Å². The minimum absolute atomic E-state index is 0.0648. The van der Waals surface area contributed by atoms with Crippen LogP contribution in [0, 0.1) is 11.8 Å². The smallest absolute Gasteiger partial charge is 0.255 e. The second kappa shape index (κ2) is 7.88. The van der Waals surface area contributed by atoms with E-state index < -0.39 is 0 Å². The number of benzene rings is 2. The van der Waals surface area contributed by atoms with Gasteiger partial charge in [0, 0.05) is 34.3 Å². The average molecular weight is 416 g/mol. The molecule has 2 aromatic carbocycles. The van der Waals surface area contributed by atoms with Crippen LogP contribution in [0.25, 0.3) is 10.9 Å². The van der Waals surface area contributed by atoms with Gasteiger partial charge >= 0.3 is 0 Å². The van der Waals surface area contributed by atoms with Gasteiger partial charge in [-0.15, -0.1) is 0 Å². The number of nitrogens with zero attached hydrogens (tertiary/aromatic N) is 1. The first-order chi connectivity index (χ1) is 15.0. The molecule has 5 heteroatoms. The third-order valence-electron chi connectivity index (χ3n) is 7.34. The van der Waals surface area contributed by atoms with E-state index in [1.165, 1.54) is 6.42 Å². The van der Waals surface area contributed by atoms with Crippen molar-refractivity contribution in [3.05, 3.63) is 71.4 Å². The summed E-state index contributed by atoms with van der Waals surface area (Å²) in [5.41, 5.74) is 3.71. The zero-order chi connectivity index (χ0) is 21.5. The molecule has 2 heterocycles. The van der Waals surface area contributed by atoms with Crippen LogP contribution >= 0.6 is 0 Å². The van der Waals surface area contributed by atoms with Crippen molar-refractivity contribution in [3.8, 4) is 0 Å². The second-order valence-corrected chi connectivity index (χ2v) is 9.15. The predicted molar refractivity (Wildman–Crippen MR) is 122 cm³/mol. The minimum Gasteiger partial charge on any atom is -0.361 e. The molecule has 4 atom stereocenters. The summed E-state index contributed by atoms with van der Waals surface area (Å²) in [7, 11) is 0. The Hall–Kier alpha value is -3.08. The third kappa shape index (κ3) is 3.42. The van der Waals surface area contributed by atoms with E-state index in [4.69, 9.17) is 0 Å². The lowest BCUT2D eigenvalue weighted by Gasteiger charge is -2.35. The Morgan fingerprint density at radius 2 is 1.84 bits per heavy atom. The predicted octanol–water partition coefficient (Wildman–Crippen LogP) is 4.65. The molecule has 31 heavy (non-hydrogen) atoms. The molecule has 0 radical (unpaired) electrons. The molecule has 3 aromatic rings. The summed E-state index contributed by atoms with van der Waals surface area (Å²) in [4.78, 5) is 31.5. The largest absolute Gasteiger partial charge is 0.361 e. The highest BCUT2D eigenvalue weighted by Gasteiger charge is 2.40. The molecule has 1 fully saturated rings. The van der Waals surface area contributed by atoms with Gasteiger partial charge in [-0.3, -0.25) is 9.59 Å². The Bertz CT molecular complexity index is 1130. The lowest BCUT2D eigenvalue weighted by Crippen LogP contribution is -2.48. The van der Waals surface area contributed by atoms with Gasteiger partial charge in [0.25, 0.3) is 5.91 Å². The lowest BCUT2D eigenvalue weighted by molar-refractivity contribution is -0.123. The van der Waals surface area contributed by atoms with Crippen LogP contribution in [-0.4, -0.2) is 34.3 Å². The van der Waals surface area contributed by atoms with Gasteiger partial charge < -0.3 is 15.2 Å². The van der Waals surface area contributed by atoms with E-state index >= 15 is 0 Å². The molecule has 2 amide bonds. The SMILES string of the molecule is C[C@@H]1[C@H](C)CCC[C@@H]1NC(=O)CN1C(=O)c2ccccc2[C@@H]1c1c[nH]c2ccccc12. The van der Waals surface area contributed by atoms with Gasteiger partial charge in [-0.2, -0.15) is 0 Å². The second-order valence-electron chi connectivity index (χ2n) is 9.15. The molecule has 0 bridgehead atoms. The Labute approximate surface area is 182 Å². The highest BCUT2D eigenvalue weighted by molar-refractivity contribution is 6.02. The molecule has 5 nitrogen and oxygen atoms in total. The van der Waals surface area contributed by atoms with Crippen LogP contribution in [-0.2, 0) is 4.79 Å². The Morgan fingerprint density at radius 1 is 1.06 bits per heavy atom. The zero-order valence-electron chi connectivity index (χ0n) is 18.1. The molecular formula is C26H29N3O2. The number of rotatable bonds is 4. The van der Waals surface area contributed by atoms with Gasteiger partial charge in [0.1, 0.15) is 6.54 Å². The van der Waals surface area contributed by atoms with E-state index in [2.05, 4.69) is 30.2 Å². The van der Waals surface area contributed by atoms with Crippen LogP contribution in [0.4, 0.5) is 0 Å². The minimum atomic E-state index is -0.270. The maximum absolute atomic E-state index is 13.3. The van der Waals surface area contributed by atoms with Crippen molar-refractivity contribution < 1.29 is 9.59 Å². The number of hydrogen-bond acceptors (Lipinski definition) is 2. The van der Waals surface area contributed by atoms with E-state index in [-0.39, 0.29) is 30.4 Å². The summed E-state index contributed by atoms with van der Waals surface area (Å²) in [6.07, 6.45) is 5.34. The number of hydrogen-bond donors (Lipinski definition) is 2. The summed E-state index contributed by atoms with van der Waals surface area (Å²) in [5.74, 6) is 0.910. The van der Waals surface area contributed by atoms with Crippen LogP contribution in [0.2, 0.25) is 0 Å². The van der Waals surface area contributed by atoms with E-state index in [0.29, 0.717) is 17.4 Å². The summed E-state index contributed by atoms with van der Waals surface area (Å²) < 4.78 is 0. The first kappa shape index (κ1) is 19.9. The number of H-pyrrole nitrogens is 1. The normalized spacial score (nSPS) is 25.6. The Morgan fingerprint density at radius 3 is 2.71 bits per heavy atom. The molecule has 0 unspecified atom stereocenters. The van der Waals surface area contributed by atoms with Crippen molar-refractivity contribution in [3.63, 3.8) is 0 Å². The maximum Gasteiger partial charge on any atom is 0.255 e. The number of carbonyl (C=O) groups is 2. The first-order valence-electron chi connectivity index (χ1n) is 11.3. The van der Waals surface area contributed by atoms with Crippen molar-refractivity contribution in [2.24, 2.45) is 11.8 Å². The highest BCUT2D eigenvalue weighted by atomic mass is 16.2. The van der Waals surface area contributed by atoms with Crippen molar-refractivity contribution in [2.45, 2.75) is 45.2 Å². The number of nitrogens with one attached hydrogen (secondary N) is 2. The molecule has 0 saturated heterocycles. The fourth-order valence-corrected chi connectivity index (χ4v) is 5.38. The molecule has 5 rings (SSSR count). The van der Waals surface area contributed by atoms with Crippen molar-refractivity contribution in [2.75, 3.05) is 6.54 Å². The van der Waals surface area contributed by atoms with Gasteiger partial charge in [-0.25, -0.2) is 0 Å². The number of aromatic nitrogens is 1. The van der Waals surface area contributed by atoms with Gasteiger partial charge in [-0.05, 0) is 36.0 Å². The number of para-hydroxylation sites is 1. The molecule has 0 spiro atoms. The first-order valence-corrected chi connectivity index (χ1v) is 11.3. The van der Waals surface area contributed by atoms with Crippen molar-refractivity contribution in [1.29, 1.82) is 0 Å². The summed E-state index contributed by atoms with van der Waals surface area (Å²) in [5, 5.41) is 4.32. The average Bonchev–Trinajstić information content (AvgIpc) is 3.31. The topological polar surface area (TPSA) is 65.2 Å². The quantitative estimate of drug-likeness (QED) is 0.651. The standard InChI is InChI=1S/C26H29N3O2/c1-16-8-7-13-22(17(16)2)28-24(30)15-29-25(19-10-3-4-11-20(19)26(29)31)21-14-27-23-12-6-5-9-18(21)23/h3-6,9-12,14,16-17,22,25,27H,7-8,13,15H2,1-2H3,(H,28,30)/t16-,17-,22+,25-/m1/s1. The van der Waals surface area contributed by atoms with Crippen molar-refractivity contribution in [1.82, 2.24) is 15.2 Å². The number of amides is 2. The molecule has 160 valence electrons. The van der Waals surface area contributed by atoms with Crippen LogP contribution in [0.3, 0.4) is 0 Å². The molecule has 1 aromatic heterocycles. The zero-order valence-corrected chi connectivity index (χ0v) is 18.1. The van der Waals surface area contributed by atoms with E-state index in [1.54, 1.807) is 4.90 Å². The van der Waals surface area contributed by atoms with Gasteiger partial charge in [0.05, 0.1) is 6.04 Å². The van der Waals surface area contributed by atoms with E-state index in [9.17, 15) is 9.59 Å². The van der Waals surface area contributed by atoms with Crippen LogP contribution in [0.15, 0.2) is 54.7 Å².